The lowest BCUT2D eigenvalue weighted by atomic mass is 10.0. The molecule has 8 heteroatoms. The van der Waals surface area contributed by atoms with Crippen molar-refractivity contribution in [2.45, 2.75) is 36.9 Å². The van der Waals surface area contributed by atoms with Gasteiger partial charge in [-0.05, 0) is 36.1 Å². The number of nitrogens with zero attached hydrogens (tertiary/aromatic N) is 3. The normalized spacial score (nSPS) is 16.5. The Hall–Kier alpha value is -2.42. The smallest absolute Gasteiger partial charge is 0.242 e. The van der Waals surface area contributed by atoms with Crippen LogP contribution in [-0.2, 0) is 23.1 Å². The number of likely N-dealkylation sites (tertiary alicyclic amines) is 1. The molecular formula is C23H33N5O2S. The van der Waals surface area contributed by atoms with Gasteiger partial charge in [0.25, 0.3) is 0 Å². The molecule has 168 valence electrons. The van der Waals surface area contributed by atoms with Crippen LogP contribution in [-0.4, -0.2) is 63.9 Å². The minimum absolute atomic E-state index is 0.297. The Morgan fingerprint density at radius 1 is 1.03 bits per heavy atom. The van der Waals surface area contributed by atoms with Crippen LogP contribution in [0.15, 0.2) is 64.5 Å². The minimum Gasteiger partial charge on any atom is -0.354 e. The molecule has 7 nitrogen and oxygen atoms in total. The van der Waals surface area contributed by atoms with Gasteiger partial charge in [0, 0.05) is 53.4 Å². The number of benzene rings is 2. The first-order valence-corrected chi connectivity index (χ1v) is 12.1. The number of aliphatic imine (C=N–C) groups is 1. The van der Waals surface area contributed by atoms with Gasteiger partial charge in [0.2, 0.25) is 10.0 Å². The molecule has 1 fully saturated rings. The Kier molecular flexibility index (Phi) is 8.06. The fourth-order valence-corrected chi connectivity index (χ4v) is 4.54. The fraction of sp³-hybridized carbons (Fsp3) is 0.435. The third-order valence-electron chi connectivity index (χ3n) is 5.56. The molecule has 0 radical (unpaired) electrons. The highest BCUT2D eigenvalue weighted by Crippen LogP contribution is 2.15. The number of nitrogens with one attached hydrogen (secondary N) is 2. The predicted molar refractivity (Wildman–Crippen MR) is 125 cm³/mol. The maximum atomic E-state index is 12.2. The first-order chi connectivity index (χ1) is 14.9. The zero-order valence-electron chi connectivity index (χ0n) is 18.6. The summed E-state index contributed by atoms with van der Waals surface area (Å²) in [6.45, 7) is 3.70. The second-order valence-electron chi connectivity index (χ2n) is 8.04. The highest BCUT2D eigenvalue weighted by atomic mass is 32.2. The lowest BCUT2D eigenvalue weighted by Crippen LogP contribution is -2.48. The van der Waals surface area contributed by atoms with Crippen LogP contribution in [0, 0.1) is 0 Å². The summed E-state index contributed by atoms with van der Waals surface area (Å²) in [7, 11) is 1.44. The zero-order chi connectivity index (χ0) is 22.3. The zero-order valence-corrected chi connectivity index (χ0v) is 19.4. The molecule has 2 aromatic carbocycles. The molecule has 1 aliphatic rings. The number of sulfonamides is 1. The van der Waals surface area contributed by atoms with Crippen molar-refractivity contribution in [3.63, 3.8) is 0 Å². The average molecular weight is 444 g/mol. The van der Waals surface area contributed by atoms with E-state index in [0.717, 1.165) is 44.0 Å². The van der Waals surface area contributed by atoms with Gasteiger partial charge < -0.3 is 10.6 Å². The van der Waals surface area contributed by atoms with Crippen molar-refractivity contribution < 1.29 is 8.42 Å². The van der Waals surface area contributed by atoms with Gasteiger partial charge in [0.1, 0.15) is 0 Å². The maximum Gasteiger partial charge on any atom is 0.242 e. The van der Waals surface area contributed by atoms with E-state index in [1.54, 1.807) is 19.2 Å². The molecule has 0 unspecified atom stereocenters. The quantitative estimate of drug-likeness (QED) is 0.507. The van der Waals surface area contributed by atoms with Gasteiger partial charge in [-0.15, -0.1) is 0 Å². The highest BCUT2D eigenvalue weighted by Gasteiger charge is 2.20. The molecule has 0 aliphatic carbocycles. The molecule has 31 heavy (non-hydrogen) atoms. The van der Waals surface area contributed by atoms with Gasteiger partial charge in [-0.1, -0.05) is 42.5 Å². The third kappa shape index (κ3) is 6.53. The predicted octanol–water partition coefficient (Wildman–Crippen LogP) is 2.27. The molecule has 2 N–H and O–H groups in total. The van der Waals surface area contributed by atoms with E-state index in [1.807, 2.05) is 12.1 Å². The molecule has 0 saturated carbocycles. The Morgan fingerprint density at radius 3 is 2.26 bits per heavy atom. The Labute approximate surface area is 186 Å². The van der Waals surface area contributed by atoms with Gasteiger partial charge in [-0.3, -0.25) is 9.89 Å². The van der Waals surface area contributed by atoms with E-state index in [4.69, 9.17) is 0 Å². The van der Waals surface area contributed by atoms with Crippen molar-refractivity contribution in [2.24, 2.45) is 4.99 Å². The maximum absolute atomic E-state index is 12.2. The Bertz CT molecular complexity index is 951. The molecule has 1 saturated heterocycles. The van der Waals surface area contributed by atoms with Gasteiger partial charge in [0.05, 0.1) is 4.90 Å². The van der Waals surface area contributed by atoms with Crippen LogP contribution in [0.4, 0.5) is 0 Å². The lowest BCUT2D eigenvalue weighted by molar-refractivity contribution is 0.198. The first-order valence-electron chi connectivity index (χ1n) is 10.6. The third-order valence-corrected chi connectivity index (χ3v) is 7.39. The van der Waals surface area contributed by atoms with Crippen molar-refractivity contribution >= 4 is 16.0 Å². The number of hydrogen-bond donors (Lipinski definition) is 2. The monoisotopic (exact) mass is 443 g/mol. The van der Waals surface area contributed by atoms with Crippen molar-refractivity contribution in [1.29, 1.82) is 0 Å². The summed E-state index contributed by atoms with van der Waals surface area (Å²) in [6.07, 6.45) is 2.15. The van der Waals surface area contributed by atoms with E-state index in [1.165, 1.54) is 24.0 Å². The van der Waals surface area contributed by atoms with E-state index in [2.05, 4.69) is 50.9 Å². The number of rotatable bonds is 7. The number of guanidine groups is 1. The second-order valence-corrected chi connectivity index (χ2v) is 10.2. The van der Waals surface area contributed by atoms with Gasteiger partial charge in [0.15, 0.2) is 5.96 Å². The first kappa shape index (κ1) is 23.2. The van der Waals surface area contributed by atoms with E-state index in [0.29, 0.717) is 17.5 Å². The second kappa shape index (κ2) is 10.7. The fourth-order valence-electron chi connectivity index (χ4n) is 3.64. The van der Waals surface area contributed by atoms with Crippen LogP contribution in [0.1, 0.15) is 24.0 Å². The summed E-state index contributed by atoms with van der Waals surface area (Å²) in [5, 5.41) is 6.85. The minimum atomic E-state index is -3.40. The molecule has 2 aromatic rings. The summed E-state index contributed by atoms with van der Waals surface area (Å²) in [6, 6.07) is 17.9. The van der Waals surface area contributed by atoms with E-state index < -0.39 is 10.0 Å². The summed E-state index contributed by atoms with van der Waals surface area (Å²) in [5.41, 5.74) is 2.36. The van der Waals surface area contributed by atoms with Crippen LogP contribution in [0.25, 0.3) is 0 Å². The van der Waals surface area contributed by atoms with Crippen LogP contribution < -0.4 is 10.6 Å². The highest BCUT2D eigenvalue weighted by molar-refractivity contribution is 7.89. The van der Waals surface area contributed by atoms with Crippen LogP contribution in [0.5, 0.6) is 0 Å². The standard InChI is InChI=1S/C23H33N5O2S/c1-24-23(25-17-19-9-11-22(12-10-19)31(29,30)27(2)3)26-21-13-15-28(16-14-21)18-20-7-5-4-6-8-20/h4-12,21H,13-18H2,1-3H3,(H2,24,25,26). The lowest BCUT2D eigenvalue weighted by Gasteiger charge is -2.33. The van der Waals surface area contributed by atoms with E-state index in [9.17, 15) is 8.42 Å². The Balaban J connectivity index is 1.45. The SMILES string of the molecule is CN=C(NCc1ccc(S(=O)(=O)N(C)C)cc1)NC1CCN(Cc2ccccc2)CC1. The largest absolute Gasteiger partial charge is 0.354 e. The van der Waals surface area contributed by atoms with E-state index in [-0.39, 0.29) is 0 Å². The Morgan fingerprint density at radius 2 is 1.68 bits per heavy atom. The van der Waals surface area contributed by atoms with Crippen molar-refractivity contribution in [3.05, 3.63) is 65.7 Å². The molecule has 0 atom stereocenters. The van der Waals surface area contributed by atoms with Crippen LogP contribution in [0.3, 0.4) is 0 Å². The van der Waals surface area contributed by atoms with Crippen molar-refractivity contribution in [1.82, 2.24) is 19.8 Å². The number of hydrogen-bond acceptors (Lipinski definition) is 4. The van der Waals surface area contributed by atoms with Gasteiger partial charge in [-0.25, -0.2) is 12.7 Å². The summed E-state index contributed by atoms with van der Waals surface area (Å²) >= 11 is 0. The summed E-state index contributed by atoms with van der Waals surface area (Å²) in [4.78, 5) is 7.13. The van der Waals surface area contributed by atoms with Gasteiger partial charge >= 0.3 is 0 Å². The van der Waals surface area contributed by atoms with Crippen LogP contribution in [0.2, 0.25) is 0 Å². The molecule has 1 aliphatic heterocycles. The summed E-state index contributed by atoms with van der Waals surface area (Å²) in [5.74, 6) is 0.770. The van der Waals surface area contributed by atoms with Crippen molar-refractivity contribution in [3.8, 4) is 0 Å². The topological polar surface area (TPSA) is 77.0 Å². The average Bonchev–Trinajstić information content (AvgIpc) is 2.78. The van der Waals surface area contributed by atoms with Crippen molar-refractivity contribution in [2.75, 3.05) is 34.2 Å². The summed E-state index contributed by atoms with van der Waals surface area (Å²) < 4.78 is 25.6. The molecule has 0 aromatic heterocycles. The molecule has 1 heterocycles. The van der Waals surface area contributed by atoms with Crippen LogP contribution >= 0.6 is 0 Å². The number of piperidine rings is 1. The van der Waals surface area contributed by atoms with E-state index >= 15 is 0 Å². The molecule has 0 amide bonds. The molecular weight excluding hydrogens is 410 g/mol. The molecule has 0 spiro atoms. The molecule has 3 rings (SSSR count). The van der Waals surface area contributed by atoms with Gasteiger partial charge in [-0.2, -0.15) is 0 Å². The molecule has 0 bridgehead atoms.